The van der Waals surface area contributed by atoms with Gasteiger partial charge < -0.3 is 14.6 Å². The lowest BCUT2D eigenvalue weighted by atomic mass is 10.2. The number of anilines is 1. The second kappa shape index (κ2) is 8.43. The second-order valence-electron chi connectivity index (χ2n) is 4.69. The van der Waals surface area contributed by atoms with Crippen LogP contribution in [0.15, 0.2) is 6.20 Å². The Hall–Kier alpha value is -0.680. The van der Waals surface area contributed by atoms with Gasteiger partial charge in [0, 0.05) is 33.0 Å². The van der Waals surface area contributed by atoms with Gasteiger partial charge in [-0.05, 0) is 31.3 Å². The molecule has 1 heterocycles. The average molecular weight is 271 g/mol. The summed E-state index contributed by atoms with van der Waals surface area (Å²) >= 11 is 1.90. The van der Waals surface area contributed by atoms with E-state index >= 15 is 0 Å². The molecule has 18 heavy (non-hydrogen) atoms. The molecule has 1 aromatic heterocycles. The van der Waals surface area contributed by atoms with Gasteiger partial charge in [-0.3, -0.25) is 0 Å². The quantitative estimate of drug-likeness (QED) is 0.701. The molecule has 0 amide bonds. The normalized spacial score (nSPS) is 12.7. The highest BCUT2D eigenvalue weighted by atomic mass is 32.2. The molecule has 0 aromatic carbocycles. The summed E-state index contributed by atoms with van der Waals surface area (Å²) in [5, 5.41) is 3.38. The molecule has 0 fully saturated rings. The van der Waals surface area contributed by atoms with Gasteiger partial charge >= 0.3 is 0 Å². The van der Waals surface area contributed by atoms with Crippen LogP contribution in [0.5, 0.6) is 0 Å². The lowest BCUT2D eigenvalue weighted by Gasteiger charge is -2.14. The van der Waals surface area contributed by atoms with Gasteiger partial charge in [0.15, 0.2) is 0 Å². The molecule has 0 bridgehead atoms. The van der Waals surface area contributed by atoms with Crippen LogP contribution >= 0.6 is 11.8 Å². The summed E-state index contributed by atoms with van der Waals surface area (Å²) in [6, 6.07) is 0. The molecule has 0 spiro atoms. The van der Waals surface area contributed by atoms with E-state index in [0.717, 1.165) is 37.8 Å². The van der Waals surface area contributed by atoms with E-state index in [1.807, 2.05) is 18.7 Å². The van der Waals surface area contributed by atoms with Crippen molar-refractivity contribution in [3.63, 3.8) is 0 Å². The van der Waals surface area contributed by atoms with E-state index in [0.29, 0.717) is 5.92 Å². The van der Waals surface area contributed by atoms with Gasteiger partial charge in [-0.15, -0.1) is 0 Å². The van der Waals surface area contributed by atoms with Crippen molar-refractivity contribution in [2.24, 2.45) is 5.92 Å². The van der Waals surface area contributed by atoms with Crippen molar-refractivity contribution in [2.75, 3.05) is 37.6 Å². The van der Waals surface area contributed by atoms with Crippen LogP contribution in [0.25, 0.3) is 0 Å². The molecule has 1 rings (SSSR count). The third-order valence-electron chi connectivity index (χ3n) is 2.66. The monoisotopic (exact) mass is 271 g/mol. The van der Waals surface area contributed by atoms with Gasteiger partial charge in [-0.2, -0.15) is 11.8 Å². The van der Waals surface area contributed by atoms with Crippen molar-refractivity contribution in [3.8, 4) is 0 Å². The fourth-order valence-corrected chi connectivity index (χ4v) is 2.59. The van der Waals surface area contributed by atoms with Crippen LogP contribution < -0.4 is 5.32 Å². The van der Waals surface area contributed by atoms with Crippen molar-refractivity contribution >= 4 is 17.7 Å². The fraction of sp³-hybridized carbons (Fsp3) is 0.769. The number of methoxy groups -OCH3 is 1. The largest absolute Gasteiger partial charge is 0.385 e. The molecule has 1 aromatic rings. The minimum absolute atomic E-state index is 0.660. The van der Waals surface area contributed by atoms with E-state index in [1.165, 1.54) is 5.75 Å². The number of imidazole rings is 1. The van der Waals surface area contributed by atoms with E-state index in [1.54, 1.807) is 7.11 Å². The molecule has 0 saturated heterocycles. The summed E-state index contributed by atoms with van der Waals surface area (Å²) in [6.45, 7) is 7.03. The smallest absolute Gasteiger partial charge is 0.203 e. The van der Waals surface area contributed by atoms with Crippen LogP contribution in [-0.2, 0) is 11.3 Å². The molecule has 0 aliphatic rings. The van der Waals surface area contributed by atoms with Gasteiger partial charge in [0.1, 0.15) is 0 Å². The van der Waals surface area contributed by atoms with Gasteiger partial charge in [-0.25, -0.2) is 4.98 Å². The Balaban J connectivity index is 2.50. The number of hydrogen-bond donors (Lipinski definition) is 1. The zero-order valence-corrected chi connectivity index (χ0v) is 12.7. The number of hydrogen-bond acceptors (Lipinski definition) is 4. The summed E-state index contributed by atoms with van der Waals surface area (Å²) in [4.78, 5) is 4.53. The van der Waals surface area contributed by atoms with Gasteiger partial charge in [-0.1, -0.05) is 6.92 Å². The number of thioether (sulfide) groups is 1. The van der Waals surface area contributed by atoms with Crippen LogP contribution in [0, 0.1) is 12.8 Å². The first kappa shape index (κ1) is 15.4. The minimum atomic E-state index is 0.660. The Morgan fingerprint density at radius 3 is 3.00 bits per heavy atom. The first-order valence-corrected chi connectivity index (χ1v) is 7.82. The van der Waals surface area contributed by atoms with Crippen LogP contribution in [0.2, 0.25) is 0 Å². The Bertz CT molecular complexity index is 341. The minimum Gasteiger partial charge on any atom is -0.385 e. The van der Waals surface area contributed by atoms with Crippen molar-refractivity contribution in [2.45, 2.75) is 26.8 Å². The van der Waals surface area contributed by atoms with Crippen molar-refractivity contribution in [3.05, 3.63) is 11.9 Å². The maximum Gasteiger partial charge on any atom is 0.203 e. The van der Waals surface area contributed by atoms with Gasteiger partial charge in [0.05, 0.1) is 5.69 Å². The third kappa shape index (κ3) is 5.31. The summed E-state index contributed by atoms with van der Waals surface area (Å²) in [6.07, 6.45) is 5.28. The van der Waals surface area contributed by atoms with Crippen LogP contribution in [-0.4, -0.2) is 41.8 Å². The Labute approximate surface area is 115 Å². The topological polar surface area (TPSA) is 39.1 Å². The summed E-state index contributed by atoms with van der Waals surface area (Å²) in [5.74, 6) is 2.82. The van der Waals surface area contributed by atoms with Crippen LogP contribution in [0.3, 0.4) is 0 Å². The molecule has 0 saturated carbocycles. The second-order valence-corrected chi connectivity index (χ2v) is 5.60. The number of nitrogens with zero attached hydrogens (tertiary/aromatic N) is 2. The van der Waals surface area contributed by atoms with Crippen LogP contribution in [0.4, 0.5) is 5.95 Å². The number of aromatic nitrogens is 2. The zero-order valence-electron chi connectivity index (χ0n) is 11.9. The third-order valence-corrected chi connectivity index (χ3v) is 3.57. The highest BCUT2D eigenvalue weighted by molar-refractivity contribution is 7.98. The number of nitrogens with one attached hydrogen (secondary N) is 1. The number of rotatable bonds is 9. The van der Waals surface area contributed by atoms with Crippen molar-refractivity contribution < 1.29 is 4.74 Å². The average Bonchev–Trinajstić information content (AvgIpc) is 2.65. The Morgan fingerprint density at radius 2 is 2.33 bits per heavy atom. The number of ether oxygens (including phenoxy) is 1. The molecular weight excluding hydrogens is 246 g/mol. The van der Waals surface area contributed by atoms with E-state index in [9.17, 15) is 0 Å². The molecule has 1 unspecified atom stereocenters. The maximum atomic E-state index is 5.04. The van der Waals surface area contributed by atoms with E-state index in [4.69, 9.17) is 4.74 Å². The number of aryl methyl sites for hydroxylation is 1. The summed E-state index contributed by atoms with van der Waals surface area (Å²) in [5.41, 5.74) is 1.07. The first-order valence-electron chi connectivity index (χ1n) is 6.43. The Morgan fingerprint density at radius 1 is 1.56 bits per heavy atom. The molecular formula is C13H25N3OS. The molecule has 5 heteroatoms. The van der Waals surface area contributed by atoms with Crippen molar-refractivity contribution in [1.82, 2.24) is 9.55 Å². The zero-order chi connectivity index (χ0) is 13.4. The predicted molar refractivity (Wildman–Crippen MR) is 79.5 cm³/mol. The molecule has 104 valence electrons. The highest BCUT2D eigenvalue weighted by Gasteiger charge is 2.08. The lowest BCUT2D eigenvalue weighted by molar-refractivity contribution is 0.197. The van der Waals surface area contributed by atoms with Crippen LogP contribution in [0.1, 0.15) is 19.0 Å². The Kier molecular flexibility index (Phi) is 7.20. The SMILES string of the molecule is COCCCNc1nc(C)cn1CC(C)CSC. The van der Waals surface area contributed by atoms with Gasteiger partial charge in [0.2, 0.25) is 5.95 Å². The molecule has 1 atom stereocenters. The lowest BCUT2D eigenvalue weighted by Crippen LogP contribution is -2.14. The maximum absolute atomic E-state index is 5.04. The molecule has 0 aliphatic heterocycles. The highest BCUT2D eigenvalue weighted by Crippen LogP contribution is 2.14. The molecule has 0 aliphatic carbocycles. The molecule has 0 radical (unpaired) electrons. The molecule has 1 N–H and O–H groups in total. The standard InChI is InChI=1S/C13H25N3OS/c1-11(10-18-4)8-16-9-12(2)15-13(16)14-6-5-7-17-3/h9,11H,5-8,10H2,1-4H3,(H,14,15). The van der Waals surface area contributed by atoms with E-state index in [2.05, 4.69) is 34.2 Å². The first-order chi connectivity index (χ1) is 8.67. The molecule has 4 nitrogen and oxygen atoms in total. The van der Waals surface area contributed by atoms with Crippen molar-refractivity contribution in [1.29, 1.82) is 0 Å². The summed E-state index contributed by atoms with van der Waals surface area (Å²) < 4.78 is 7.27. The van der Waals surface area contributed by atoms with Gasteiger partial charge in [0.25, 0.3) is 0 Å². The van der Waals surface area contributed by atoms with E-state index in [-0.39, 0.29) is 0 Å². The fourth-order valence-electron chi connectivity index (χ4n) is 1.92. The van der Waals surface area contributed by atoms with E-state index < -0.39 is 0 Å². The predicted octanol–water partition coefficient (Wildman–Crippen LogP) is 2.64. The summed E-state index contributed by atoms with van der Waals surface area (Å²) in [7, 11) is 1.73.